The van der Waals surface area contributed by atoms with Crippen LogP contribution < -0.4 is 10.5 Å². The molecule has 0 atom stereocenters. The predicted octanol–water partition coefficient (Wildman–Crippen LogP) is 4.27. The summed E-state index contributed by atoms with van der Waals surface area (Å²) < 4.78 is 53.7. The molecule has 0 radical (unpaired) electrons. The van der Waals surface area contributed by atoms with Gasteiger partial charge < -0.3 is 10.5 Å². The Morgan fingerprint density at radius 2 is 1.71 bits per heavy atom. The number of nitrogens with two attached hydrogens (primary N) is 1. The highest BCUT2D eigenvalue weighted by molar-refractivity contribution is 5.85. The van der Waals surface area contributed by atoms with Gasteiger partial charge in [-0.25, -0.2) is 4.39 Å². The molecule has 0 spiro atoms. The lowest BCUT2D eigenvalue weighted by Crippen LogP contribution is -2.17. The van der Waals surface area contributed by atoms with E-state index in [9.17, 15) is 17.6 Å². The van der Waals surface area contributed by atoms with Crippen LogP contribution in [-0.2, 0) is 6.54 Å². The van der Waals surface area contributed by atoms with Crippen molar-refractivity contribution in [3.05, 3.63) is 53.8 Å². The van der Waals surface area contributed by atoms with Crippen LogP contribution in [0.4, 0.5) is 17.6 Å². The van der Waals surface area contributed by atoms with Gasteiger partial charge in [0.15, 0.2) is 0 Å². The summed E-state index contributed by atoms with van der Waals surface area (Å²) in [6, 6.07) is 9.48. The van der Waals surface area contributed by atoms with Gasteiger partial charge in [-0.15, -0.1) is 25.6 Å². The minimum atomic E-state index is -4.76. The average Bonchev–Trinajstić information content (AvgIpc) is 2.36. The van der Waals surface area contributed by atoms with Gasteiger partial charge in [0.05, 0.1) is 0 Å². The van der Waals surface area contributed by atoms with Crippen LogP contribution in [0.15, 0.2) is 42.5 Å². The first-order valence-corrected chi connectivity index (χ1v) is 5.73. The largest absolute Gasteiger partial charge is 0.573 e. The molecule has 2 aromatic carbocycles. The van der Waals surface area contributed by atoms with Crippen LogP contribution in [0.25, 0.3) is 11.1 Å². The number of benzene rings is 2. The zero-order valence-corrected chi connectivity index (χ0v) is 11.5. The Labute approximate surface area is 124 Å². The first kappa shape index (κ1) is 17.3. The van der Waals surface area contributed by atoms with Crippen molar-refractivity contribution in [1.82, 2.24) is 0 Å². The van der Waals surface area contributed by atoms with Crippen LogP contribution in [0.1, 0.15) is 5.56 Å². The van der Waals surface area contributed by atoms with Crippen molar-refractivity contribution >= 4 is 12.4 Å². The molecule has 0 saturated carbocycles. The Bertz CT molecular complexity index is 616. The van der Waals surface area contributed by atoms with Gasteiger partial charge in [0.1, 0.15) is 11.6 Å². The van der Waals surface area contributed by atoms with Crippen LogP contribution in [0.5, 0.6) is 5.75 Å². The first-order chi connectivity index (χ1) is 9.37. The van der Waals surface area contributed by atoms with E-state index in [-0.39, 0.29) is 24.7 Å². The van der Waals surface area contributed by atoms with Crippen LogP contribution in [0, 0.1) is 5.82 Å². The van der Waals surface area contributed by atoms with Crippen LogP contribution in [-0.4, -0.2) is 6.36 Å². The molecule has 0 bridgehead atoms. The zero-order chi connectivity index (χ0) is 14.8. The van der Waals surface area contributed by atoms with Crippen molar-refractivity contribution in [3.8, 4) is 16.9 Å². The number of hydrogen-bond donors (Lipinski definition) is 1. The van der Waals surface area contributed by atoms with Crippen molar-refractivity contribution in [1.29, 1.82) is 0 Å². The summed E-state index contributed by atoms with van der Waals surface area (Å²) in [5.41, 5.74) is 6.86. The number of ether oxygens (including phenoxy) is 1. The fraction of sp³-hybridized carbons (Fsp3) is 0.143. The third-order valence-corrected chi connectivity index (χ3v) is 2.59. The van der Waals surface area contributed by atoms with E-state index in [0.717, 1.165) is 0 Å². The quantitative estimate of drug-likeness (QED) is 0.857. The van der Waals surface area contributed by atoms with Crippen molar-refractivity contribution in [2.45, 2.75) is 12.9 Å². The molecule has 0 heterocycles. The van der Waals surface area contributed by atoms with Gasteiger partial charge in [0.25, 0.3) is 0 Å². The van der Waals surface area contributed by atoms with E-state index in [4.69, 9.17) is 5.73 Å². The second kappa shape index (κ2) is 6.78. The van der Waals surface area contributed by atoms with Crippen molar-refractivity contribution in [2.24, 2.45) is 5.73 Å². The molecule has 0 amide bonds. The van der Waals surface area contributed by atoms with Gasteiger partial charge in [-0.1, -0.05) is 12.1 Å². The van der Waals surface area contributed by atoms with Crippen molar-refractivity contribution < 1.29 is 22.3 Å². The van der Waals surface area contributed by atoms with E-state index in [1.807, 2.05) is 0 Å². The molecule has 21 heavy (non-hydrogen) atoms. The molecule has 0 saturated heterocycles. The van der Waals surface area contributed by atoms with Gasteiger partial charge in [-0.05, 0) is 47.0 Å². The molecule has 0 aliphatic heterocycles. The van der Waals surface area contributed by atoms with E-state index >= 15 is 0 Å². The Hall–Kier alpha value is -1.79. The minimum Gasteiger partial charge on any atom is -0.406 e. The van der Waals surface area contributed by atoms with Crippen LogP contribution >= 0.6 is 12.4 Å². The molecule has 0 aromatic heterocycles. The SMILES string of the molecule is Cl.NCc1cc(F)cc(-c2cccc(OC(F)(F)F)c2)c1. The highest BCUT2D eigenvalue weighted by Crippen LogP contribution is 2.28. The molecule has 0 aliphatic carbocycles. The smallest absolute Gasteiger partial charge is 0.406 e. The fourth-order valence-corrected chi connectivity index (χ4v) is 1.81. The second-order valence-corrected chi connectivity index (χ2v) is 4.13. The number of alkyl halides is 3. The molecule has 0 fully saturated rings. The van der Waals surface area contributed by atoms with E-state index < -0.39 is 12.2 Å². The highest BCUT2D eigenvalue weighted by Gasteiger charge is 2.31. The summed E-state index contributed by atoms with van der Waals surface area (Å²) >= 11 is 0. The van der Waals surface area contributed by atoms with E-state index in [1.165, 1.54) is 30.3 Å². The van der Waals surface area contributed by atoms with E-state index in [2.05, 4.69) is 4.74 Å². The predicted molar refractivity (Wildman–Crippen MR) is 73.7 cm³/mol. The molecule has 7 heteroatoms. The molecule has 2 rings (SSSR count). The highest BCUT2D eigenvalue weighted by atomic mass is 35.5. The second-order valence-electron chi connectivity index (χ2n) is 4.13. The maximum Gasteiger partial charge on any atom is 0.573 e. The molecular formula is C14H12ClF4NO. The van der Waals surface area contributed by atoms with Gasteiger partial charge >= 0.3 is 6.36 Å². The Morgan fingerprint density at radius 3 is 2.33 bits per heavy atom. The molecule has 2 nitrogen and oxygen atoms in total. The maximum atomic E-state index is 13.4. The van der Waals surface area contributed by atoms with Gasteiger partial charge in [-0.2, -0.15) is 0 Å². The third-order valence-electron chi connectivity index (χ3n) is 2.59. The van der Waals surface area contributed by atoms with E-state index in [1.54, 1.807) is 12.1 Å². The normalized spacial score (nSPS) is 10.9. The van der Waals surface area contributed by atoms with Crippen molar-refractivity contribution in [2.75, 3.05) is 0 Å². The maximum absolute atomic E-state index is 13.4. The number of rotatable bonds is 3. The molecule has 0 aliphatic rings. The van der Waals surface area contributed by atoms with Gasteiger partial charge in [-0.3, -0.25) is 0 Å². The Kier molecular flexibility index (Phi) is 5.57. The molecule has 0 unspecified atom stereocenters. The van der Waals surface area contributed by atoms with Crippen molar-refractivity contribution in [3.63, 3.8) is 0 Å². The molecular weight excluding hydrogens is 310 g/mol. The van der Waals surface area contributed by atoms with Gasteiger partial charge in [0.2, 0.25) is 0 Å². The monoisotopic (exact) mass is 321 g/mol. The lowest BCUT2D eigenvalue weighted by atomic mass is 10.0. The molecule has 114 valence electrons. The lowest BCUT2D eigenvalue weighted by Gasteiger charge is -2.10. The van der Waals surface area contributed by atoms with Crippen LogP contribution in [0.2, 0.25) is 0 Å². The van der Waals surface area contributed by atoms with E-state index in [0.29, 0.717) is 16.7 Å². The first-order valence-electron chi connectivity index (χ1n) is 5.73. The Balaban J connectivity index is 0.00000220. The zero-order valence-electron chi connectivity index (χ0n) is 10.7. The summed E-state index contributed by atoms with van der Waals surface area (Å²) in [6.45, 7) is 0.142. The summed E-state index contributed by atoms with van der Waals surface area (Å²) in [5.74, 6) is -0.848. The average molecular weight is 322 g/mol. The standard InChI is InChI=1S/C14H11F4NO.ClH/c15-12-5-9(8-19)4-11(6-12)10-2-1-3-13(7-10)20-14(16,17)18;/h1-7H,8,19H2;1H. The third kappa shape index (κ3) is 4.91. The number of hydrogen-bond acceptors (Lipinski definition) is 2. The summed E-state index contributed by atoms with van der Waals surface area (Å²) in [7, 11) is 0. The van der Waals surface area contributed by atoms with Crippen LogP contribution in [0.3, 0.4) is 0 Å². The minimum absolute atomic E-state index is 0. The topological polar surface area (TPSA) is 35.2 Å². The fourth-order valence-electron chi connectivity index (χ4n) is 1.81. The summed E-state index contributed by atoms with van der Waals surface area (Å²) in [5, 5.41) is 0. The molecule has 2 aromatic rings. The lowest BCUT2D eigenvalue weighted by molar-refractivity contribution is -0.274. The molecule has 2 N–H and O–H groups in total. The summed E-state index contributed by atoms with van der Waals surface area (Å²) in [4.78, 5) is 0. The van der Waals surface area contributed by atoms with Gasteiger partial charge in [0, 0.05) is 6.54 Å². The Morgan fingerprint density at radius 1 is 1.00 bits per heavy atom. The summed E-state index contributed by atoms with van der Waals surface area (Å²) in [6.07, 6.45) is -4.76. The number of halogens is 5.